The lowest BCUT2D eigenvalue weighted by Crippen LogP contribution is -2.22. The van der Waals surface area contributed by atoms with E-state index in [4.69, 9.17) is 21.1 Å². The Hall–Kier alpha value is -3.30. The zero-order valence-corrected chi connectivity index (χ0v) is 17.9. The van der Waals surface area contributed by atoms with Crippen LogP contribution < -0.4 is 10.1 Å². The third-order valence-corrected chi connectivity index (χ3v) is 5.54. The molecule has 0 aliphatic carbocycles. The lowest BCUT2D eigenvalue weighted by molar-refractivity contribution is -0.384. The standard InChI is InChI=1S/C21H17ClN2O6S/c1-29-17-10-14(24(27)28)8-9-16(17)23-19(25)11-30-20(26)12-31-18-7-3-5-13-4-2-6-15(22)21(13)18/h2-10H,11-12H2,1H3,(H,23,25). The van der Waals surface area contributed by atoms with Gasteiger partial charge in [0.2, 0.25) is 0 Å². The predicted octanol–water partition coefficient (Wildman–Crippen LogP) is 4.68. The van der Waals surface area contributed by atoms with Crippen LogP contribution in [-0.4, -0.2) is 36.3 Å². The van der Waals surface area contributed by atoms with E-state index in [0.29, 0.717) is 5.02 Å². The maximum absolute atomic E-state index is 12.1. The summed E-state index contributed by atoms with van der Waals surface area (Å²) in [4.78, 5) is 35.3. The van der Waals surface area contributed by atoms with Crippen LogP contribution in [0.25, 0.3) is 10.8 Å². The Kier molecular flexibility index (Phi) is 7.32. The average Bonchev–Trinajstić information content (AvgIpc) is 2.76. The number of carbonyl (C=O) groups is 2. The molecule has 0 saturated carbocycles. The van der Waals surface area contributed by atoms with Crippen LogP contribution >= 0.6 is 23.4 Å². The number of nitro groups is 1. The second kappa shape index (κ2) is 10.1. The predicted molar refractivity (Wildman–Crippen MR) is 119 cm³/mol. The summed E-state index contributed by atoms with van der Waals surface area (Å²) in [6.07, 6.45) is 0. The molecule has 0 bridgehead atoms. The van der Waals surface area contributed by atoms with Crippen molar-refractivity contribution in [1.29, 1.82) is 0 Å². The number of benzene rings is 3. The van der Waals surface area contributed by atoms with Crippen LogP contribution in [-0.2, 0) is 14.3 Å². The number of anilines is 1. The molecule has 3 rings (SSSR count). The van der Waals surface area contributed by atoms with Gasteiger partial charge in [0.15, 0.2) is 6.61 Å². The number of thioether (sulfide) groups is 1. The number of hydrogen-bond donors (Lipinski definition) is 1. The lowest BCUT2D eigenvalue weighted by Gasteiger charge is -2.11. The van der Waals surface area contributed by atoms with E-state index in [9.17, 15) is 19.7 Å². The van der Waals surface area contributed by atoms with Gasteiger partial charge in [0.25, 0.3) is 11.6 Å². The molecule has 10 heteroatoms. The molecule has 0 aliphatic rings. The summed E-state index contributed by atoms with van der Waals surface area (Å²) in [5, 5.41) is 15.7. The second-order valence-corrected chi connectivity index (χ2v) is 7.66. The molecule has 1 amide bonds. The number of methoxy groups -OCH3 is 1. The van der Waals surface area contributed by atoms with Gasteiger partial charge in [-0.1, -0.05) is 35.9 Å². The molecule has 0 radical (unpaired) electrons. The number of nitro benzene ring substituents is 1. The van der Waals surface area contributed by atoms with E-state index in [0.717, 1.165) is 15.7 Å². The first-order chi connectivity index (χ1) is 14.9. The smallest absolute Gasteiger partial charge is 0.316 e. The highest BCUT2D eigenvalue weighted by molar-refractivity contribution is 8.00. The van der Waals surface area contributed by atoms with Crippen LogP contribution in [0.5, 0.6) is 5.75 Å². The van der Waals surface area contributed by atoms with Crippen LogP contribution in [0.3, 0.4) is 0 Å². The summed E-state index contributed by atoms with van der Waals surface area (Å²) in [6.45, 7) is -0.504. The van der Waals surface area contributed by atoms with E-state index in [2.05, 4.69) is 5.32 Å². The number of nitrogens with zero attached hydrogens (tertiary/aromatic N) is 1. The van der Waals surface area contributed by atoms with E-state index in [1.807, 2.05) is 30.3 Å². The van der Waals surface area contributed by atoms with Crippen molar-refractivity contribution in [3.05, 3.63) is 69.7 Å². The van der Waals surface area contributed by atoms with Crippen LogP contribution in [0.1, 0.15) is 0 Å². The Labute approximate surface area is 186 Å². The van der Waals surface area contributed by atoms with Crippen LogP contribution in [0, 0.1) is 10.1 Å². The third-order valence-electron chi connectivity index (χ3n) is 4.20. The summed E-state index contributed by atoms with van der Waals surface area (Å²) in [6, 6.07) is 15.0. The third kappa shape index (κ3) is 5.65. The highest BCUT2D eigenvalue weighted by atomic mass is 35.5. The molecule has 8 nitrogen and oxygen atoms in total. The fourth-order valence-electron chi connectivity index (χ4n) is 2.79. The minimum Gasteiger partial charge on any atom is -0.494 e. The van der Waals surface area contributed by atoms with Crippen molar-refractivity contribution < 1.29 is 24.0 Å². The molecule has 3 aromatic carbocycles. The van der Waals surface area contributed by atoms with Gasteiger partial charge in [-0.2, -0.15) is 0 Å². The monoisotopic (exact) mass is 460 g/mol. The number of rotatable bonds is 8. The molecule has 0 unspecified atom stereocenters. The fraction of sp³-hybridized carbons (Fsp3) is 0.143. The molecule has 0 spiro atoms. The van der Waals surface area contributed by atoms with Crippen LogP contribution in [0.4, 0.5) is 11.4 Å². The molecule has 0 fully saturated rings. The Bertz CT molecular complexity index is 1150. The first-order valence-corrected chi connectivity index (χ1v) is 10.3. The quantitative estimate of drug-likeness (QED) is 0.225. The molecule has 0 atom stereocenters. The topological polar surface area (TPSA) is 108 Å². The molecule has 0 aliphatic heterocycles. The van der Waals surface area contributed by atoms with Gasteiger partial charge in [-0.05, 0) is 23.6 Å². The minimum absolute atomic E-state index is 0.00152. The van der Waals surface area contributed by atoms with Crippen molar-refractivity contribution in [1.82, 2.24) is 0 Å². The van der Waals surface area contributed by atoms with E-state index < -0.39 is 23.4 Å². The van der Waals surface area contributed by atoms with Gasteiger partial charge in [0, 0.05) is 21.4 Å². The van der Waals surface area contributed by atoms with Gasteiger partial charge < -0.3 is 14.8 Å². The maximum Gasteiger partial charge on any atom is 0.316 e. The number of non-ortho nitro benzene ring substituents is 1. The fourth-order valence-corrected chi connectivity index (χ4v) is 4.03. The van der Waals surface area contributed by atoms with E-state index in [1.54, 1.807) is 6.07 Å². The summed E-state index contributed by atoms with van der Waals surface area (Å²) in [5.74, 6) is -1.05. The Balaban J connectivity index is 1.55. The highest BCUT2D eigenvalue weighted by Gasteiger charge is 2.15. The number of halogens is 1. The number of nitrogens with one attached hydrogen (secondary N) is 1. The average molecular weight is 461 g/mol. The van der Waals surface area contributed by atoms with E-state index in [-0.39, 0.29) is 22.9 Å². The zero-order chi connectivity index (χ0) is 22.4. The number of hydrogen-bond acceptors (Lipinski definition) is 7. The molecule has 3 aromatic rings. The Morgan fingerprint density at radius 2 is 1.90 bits per heavy atom. The van der Waals surface area contributed by atoms with Gasteiger partial charge in [0.1, 0.15) is 5.75 Å². The SMILES string of the molecule is COc1cc([N+](=O)[O-])ccc1NC(=O)COC(=O)CSc1cccc2cccc(Cl)c12. The summed E-state index contributed by atoms with van der Waals surface area (Å²) < 4.78 is 10.1. The second-order valence-electron chi connectivity index (χ2n) is 6.23. The molecule has 31 heavy (non-hydrogen) atoms. The number of fused-ring (bicyclic) bond motifs is 1. The Morgan fingerprint density at radius 1 is 1.16 bits per heavy atom. The summed E-state index contributed by atoms with van der Waals surface area (Å²) >= 11 is 7.54. The number of carbonyl (C=O) groups excluding carboxylic acids is 2. The first kappa shape index (κ1) is 22.4. The van der Waals surface area contributed by atoms with Crippen molar-refractivity contribution in [2.45, 2.75) is 4.90 Å². The van der Waals surface area contributed by atoms with Gasteiger partial charge in [-0.3, -0.25) is 19.7 Å². The normalized spacial score (nSPS) is 10.5. The van der Waals surface area contributed by atoms with Crippen LogP contribution in [0.15, 0.2) is 59.5 Å². The Morgan fingerprint density at radius 3 is 2.61 bits per heavy atom. The number of ether oxygens (including phenoxy) is 2. The molecule has 0 aromatic heterocycles. The van der Waals surface area contributed by atoms with Crippen LogP contribution in [0.2, 0.25) is 5.02 Å². The van der Waals surface area contributed by atoms with E-state index in [1.165, 1.54) is 37.1 Å². The van der Waals surface area contributed by atoms with Gasteiger partial charge in [0.05, 0.1) is 29.5 Å². The largest absolute Gasteiger partial charge is 0.494 e. The van der Waals surface area contributed by atoms with Gasteiger partial charge in [-0.15, -0.1) is 11.8 Å². The van der Waals surface area contributed by atoms with Crippen molar-refractivity contribution >= 4 is 57.4 Å². The van der Waals surface area contributed by atoms with Gasteiger partial charge >= 0.3 is 5.97 Å². The molecule has 1 N–H and O–H groups in total. The van der Waals surface area contributed by atoms with Crippen molar-refractivity contribution in [3.8, 4) is 5.75 Å². The van der Waals surface area contributed by atoms with Crippen molar-refractivity contribution in [2.75, 3.05) is 24.8 Å². The minimum atomic E-state index is -0.598. The molecule has 0 saturated heterocycles. The summed E-state index contributed by atoms with van der Waals surface area (Å²) in [5.41, 5.74) is 0.0563. The van der Waals surface area contributed by atoms with Crippen molar-refractivity contribution in [3.63, 3.8) is 0 Å². The lowest BCUT2D eigenvalue weighted by atomic mass is 10.1. The molecule has 0 heterocycles. The molecular formula is C21H17ClN2O6S. The number of amides is 1. The molecular weight excluding hydrogens is 444 g/mol. The summed E-state index contributed by atoms with van der Waals surface area (Å²) in [7, 11) is 1.32. The van der Waals surface area contributed by atoms with Crippen molar-refractivity contribution in [2.24, 2.45) is 0 Å². The van der Waals surface area contributed by atoms with Gasteiger partial charge in [-0.25, -0.2) is 0 Å². The maximum atomic E-state index is 12.1. The number of esters is 1. The zero-order valence-electron chi connectivity index (χ0n) is 16.3. The van der Waals surface area contributed by atoms with E-state index >= 15 is 0 Å². The molecule has 160 valence electrons. The first-order valence-electron chi connectivity index (χ1n) is 8.97. The highest BCUT2D eigenvalue weighted by Crippen LogP contribution is 2.33.